The lowest BCUT2D eigenvalue weighted by molar-refractivity contribution is 0.0697. The topological polar surface area (TPSA) is 88.4 Å². The highest BCUT2D eigenvalue weighted by atomic mass is 32.2. The molecule has 3 heterocycles. The molecule has 1 amide bonds. The van der Waals surface area contributed by atoms with E-state index in [1.165, 1.54) is 4.31 Å². The molecule has 4 rings (SSSR count). The zero-order valence-corrected chi connectivity index (χ0v) is 17.3. The van der Waals surface area contributed by atoms with Crippen molar-refractivity contribution in [3.8, 4) is 0 Å². The number of fused-ring (bicyclic) bond motifs is 1. The molecule has 8 nitrogen and oxygen atoms in total. The molecule has 0 aliphatic carbocycles. The molecule has 0 spiro atoms. The number of benzene rings is 1. The smallest absolute Gasteiger partial charge is 0.255 e. The molecule has 0 radical (unpaired) electrons. The van der Waals surface area contributed by atoms with Gasteiger partial charge in [-0.1, -0.05) is 30.3 Å². The van der Waals surface area contributed by atoms with Gasteiger partial charge in [0.25, 0.3) is 5.91 Å². The predicted molar refractivity (Wildman–Crippen MR) is 110 cm³/mol. The molecular formula is C20H23N5O3S. The number of nitrogens with zero attached hydrogens (tertiary/aromatic N) is 5. The molecule has 1 aliphatic rings. The van der Waals surface area contributed by atoms with Crippen molar-refractivity contribution >= 4 is 27.0 Å². The minimum absolute atomic E-state index is 0.0251. The number of hydrogen-bond donors (Lipinski definition) is 0. The summed E-state index contributed by atoms with van der Waals surface area (Å²) in [5, 5.41) is 5.18. The second-order valence-corrected chi connectivity index (χ2v) is 9.21. The number of amides is 1. The van der Waals surface area contributed by atoms with Crippen LogP contribution in [0.15, 0.2) is 42.6 Å². The first-order valence-corrected chi connectivity index (χ1v) is 11.1. The lowest BCUT2D eigenvalue weighted by Crippen LogP contribution is -2.50. The van der Waals surface area contributed by atoms with Gasteiger partial charge in [-0.05, 0) is 18.6 Å². The molecule has 0 unspecified atom stereocenters. The molecule has 0 bridgehead atoms. The van der Waals surface area contributed by atoms with Crippen LogP contribution in [0.5, 0.6) is 0 Å². The van der Waals surface area contributed by atoms with Gasteiger partial charge in [0.1, 0.15) is 0 Å². The summed E-state index contributed by atoms with van der Waals surface area (Å²) < 4.78 is 28.5. The summed E-state index contributed by atoms with van der Waals surface area (Å²) in [4.78, 5) is 18.9. The number of aryl methyl sites for hydroxylation is 2. The van der Waals surface area contributed by atoms with Gasteiger partial charge < -0.3 is 4.90 Å². The number of piperazine rings is 1. The third kappa shape index (κ3) is 3.88. The van der Waals surface area contributed by atoms with Gasteiger partial charge in [-0.25, -0.2) is 13.4 Å². The van der Waals surface area contributed by atoms with E-state index in [9.17, 15) is 13.2 Å². The first kappa shape index (κ1) is 19.5. The molecule has 1 fully saturated rings. The molecule has 29 heavy (non-hydrogen) atoms. The number of hydrogen-bond acceptors (Lipinski definition) is 5. The molecule has 0 saturated carbocycles. The summed E-state index contributed by atoms with van der Waals surface area (Å²) in [5.41, 5.74) is 2.81. The van der Waals surface area contributed by atoms with Gasteiger partial charge in [-0.2, -0.15) is 9.40 Å². The highest BCUT2D eigenvalue weighted by Gasteiger charge is 2.29. The van der Waals surface area contributed by atoms with Gasteiger partial charge in [-0.15, -0.1) is 0 Å². The molecule has 3 aromatic rings. The molecule has 9 heteroatoms. The van der Waals surface area contributed by atoms with Gasteiger partial charge in [0, 0.05) is 44.8 Å². The number of pyridine rings is 1. The standard InChI is InChI=1S/C20H23N5O3S/c1-15-18-12-17(13-21-19(18)23(2)22-15)20(26)24-8-10-25(11-9-24)29(27,28)14-16-6-4-3-5-7-16/h3-7,12-13H,8-11,14H2,1-2H3. The maximum atomic E-state index is 12.9. The normalized spacial score (nSPS) is 15.7. The Morgan fingerprint density at radius 1 is 1.10 bits per heavy atom. The summed E-state index contributed by atoms with van der Waals surface area (Å²) >= 11 is 0. The van der Waals surface area contributed by atoms with Crippen molar-refractivity contribution in [1.29, 1.82) is 0 Å². The van der Waals surface area contributed by atoms with Crippen molar-refractivity contribution < 1.29 is 13.2 Å². The Morgan fingerprint density at radius 3 is 2.48 bits per heavy atom. The largest absolute Gasteiger partial charge is 0.336 e. The van der Waals surface area contributed by atoms with Gasteiger partial charge in [0.15, 0.2) is 5.65 Å². The minimum atomic E-state index is -3.41. The first-order chi connectivity index (χ1) is 13.8. The average Bonchev–Trinajstić information content (AvgIpc) is 3.01. The van der Waals surface area contributed by atoms with Gasteiger partial charge in [0.05, 0.1) is 17.0 Å². The summed E-state index contributed by atoms with van der Waals surface area (Å²) in [7, 11) is -1.59. The number of carbonyl (C=O) groups excluding carboxylic acids is 1. The Bertz CT molecular complexity index is 1150. The van der Waals surface area contributed by atoms with E-state index in [1.807, 2.05) is 38.2 Å². The summed E-state index contributed by atoms with van der Waals surface area (Å²) in [6, 6.07) is 10.9. The van der Waals surface area contributed by atoms with Crippen LogP contribution in [0, 0.1) is 6.92 Å². The van der Waals surface area contributed by atoms with E-state index in [0.29, 0.717) is 31.7 Å². The number of sulfonamides is 1. The zero-order valence-electron chi connectivity index (χ0n) is 16.4. The van der Waals surface area contributed by atoms with Crippen molar-refractivity contribution in [2.24, 2.45) is 7.05 Å². The Labute approximate surface area is 169 Å². The Hall–Kier alpha value is -2.78. The fourth-order valence-corrected chi connectivity index (χ4v) is 5.17. The van der Waals surface area contributed by atoms with E-state index in [0.717, 1.165) is 22.3 Å². The number of aromatic nitrogens is 3. The maximum Gasteiger partial charge on any atom is 0.255 e. The van der Waals surface area contributed by atoms with Crippen molar-refractivity contribution in [1.82, 2.24) is 24.0 Å². The SMILES string of the molecule is Cc1nn(C)c2ncc(C(=O)N3CCN(S(=O)(=O)Cc4ccccc4)CC3)cc12. The Kier molecular flexibility index (Phi) is 5.10. The van der Waals surface area contributed by atoms with Crippen LogP contribution in [-0.2, 0) is 22.8 Å². The summed E-state index contributed by atoms with van der Waals surface area (Å²) in [6.45, 7) is 3.19. The lowest BCUT2D eigenvalue weighted by atomic mass is 10.2. The summed E-state index contributed by atoms with van der Waals surface area (Å²) in [5.74, 6) is -0.161. The van der Waals surface area contributed by atoms with Gasteiger partial charge >= 0.3 is 0 Å². The van der Waals surface area contributed by atoms with Gasteiger partial charge in [0.2, 0.25) is 10.0 Å². The molecule has 2 aromatic heterocycles. The van der Waals surface area contributed by atoms with Crippen molar-refractivity contribution in [2.75, 3.05) is 26.2 Å². The van der Waals surface area contributed by atoms with E-state index < -0.39 is 10.0 Å². The molecule has 1 saturated heterocycles. The van der Waals surface area contributed by atoms with E-state index in [1.54, 1.807) is 27.9 Å². The summed E-state index contributed by atoms with van der Waals surface area (Å²) in [6.07, 6.45) is 1.56. The zero-order chi connectivity index (χ0) is 20.6. The maximum absolute atomic E-state index is 12.9. The molecule has 1 aliphatic heterocycles. The van der Waals surface area contributed by atoms with Crippen molar-refractivity contribution in [3.05, 3.63) is 59.4 Å². The van der Waals surface area contributed by atoms with Crippen LogP contribution in [0.1, 0.15) is 21.6 Å². The second kappa shape index (κ2) is 7.57. The number of rotatable bonds is 4. The van der Waals surface area contributed by atoms with Crippen molar-refractivity contribution in [3.63, 3.8) is 0 Å². The Morgan fingerprint density at radius 2 is 1.79 bits per heavy atom. The highest BCUT2D eigenvalue weighted by Crippen LogP contribution is 2.19. The molecular weight excluding hydrogens is 390 g/mol. The van der Waals surface area contributed by atoms with Crippen LogP contribution < -0.4 is 0 Å². The second-order valence-electron chi connectivity index (χ2n) is 7.24. The first-order valence-electron chi connectivity index (χ1n) is 9.45. The highest BCUT2D eigenvalue weighted by molar-refractivity contribution is 7.88. The van der Waals surface area contributed by atoms with Crippen LogP contribution in [0.4, 0.5) is 0 Å². The third-order valence-electron chi connectivity index (χ3n) is 5.22. The third-order valence-corrected chi connectivity index (χ3v) is 7.07. The molecule has 1 aromatic carbocycles. The monoisotopic (exact) mass is 413 g/mol. The van der Waals surface area contributed by atoms with Crippen LogP contribution in [0.2, 0.25) is 0 Å². The predicted octanol–water partition coefficient (Wildman–Crippen LogP) is 1.56. The average molecular weight is 414 g/mol. The fraction of sp³-hybridized carbons (Fsp3) is 0.350. The quantitative estimate of drug-likeness (QED) is 0.648. The van der Waals surface area contributed by atoms with E-state index >= 15 is 0 Å². The van der Waals surface area contributed by atoms with Gasteiger partial charge in [-0.3, -0.25) is 9.48 Å². The Balaban J connectivity index is 1.44. The van der Waals surface area contributed by atoms with Crippen LogP contribution in [-0.4, -0.2) is 64.5 Å². The molecule has 152 valence electrons. The van der Waals surface area contributed by atoms with Crippen LogP contribution >= 0.6 is 0 Å². The van der Waals surface area contributed by atoms with E-state index in [2.05, 4.69) is 10.1 Å². The number of carbonyl (C=O) groups is 1. The van der Waals surface area contributed by atoms with E-state index in [-0.39, 0.29) is 11.7 Å². The minimum Gasteiger partial charge on any atom is -0.336 e. The van der Waals surface area contributed by atoms with Crippen LogP contribution in [0.25, 0.3) is 11.0 Å². The molecule has 0 atom stereocenters. The van der Waals surface area contributed by atoms with E-state index in [4.69, 9.17) is 0 Å². The van der Waals surface area contributed by atoms with Crippen LogP contribution in [0.3, 0.4) is 0 Å². The fourth-order valence-electron chi connectivity index (χ4n) is 3.65. The molecule has 0 N–H and O–H groups in total. The lowest BCUT2D eigenvalue weighted by Gasteiger charge is -2.34. The van der Waals surface area contributed by atoms with Crippen molar-refractivity contribution in [2.45, 2.75) is 12.7 Å².